The molecular formula is C14H21N3O. The van der Waals surface area contributed by atoms with Gasteiger partial charge in [0.15, 0.2) is 0 Å². The SMILES string of the molecule is CCC(CC)c1ccc2c(nc(N)n2C)c1OC. The maximum atomic E-state index is 5.86. The number of anilines is 1. The molecule has 0 saturated heterocycles. The van der Waals surface area contributed by atoms with Gasteiger partial charge < -0.3 is 15.0 Å². The average Bonchev–Trinajstić information content (AvgIpc) is 2.67. The number of nitrogens with two attached hydrogens (primary N) is 1. The fourth-order valence-corrected chi connectivity index (χ4v) is 2.53. The number of fused-ring (bicyclic) bond motifs is 1. The summed E-state index contributed by atoms with van der Waals surface area (Å²) in [5, 5.41) is 0. The van der Waals surface area contributed by atoms with Gasteiger partial charge in [0.05, 0.1) is 12.6 Å². The summed E-state index contributed by atoms with van der Waals surface area (Å²) in [6, 6.07) is 4.22. The Morgan fingerprint density at radius 1 is 1.33 bits per heavy atom. The normalized spacial score (nSPS) is 11.4. The largest absolute Gasteiger partial charge is 0.494 e. The van der Waals surface area contributed by atoms with Crippen LogP contribution in [0.2, 0.25) is 0 Å². The molecule has 0 radical (unpaired) electrons. The minimum Gasteiger partial charge on any atom is -0.494 e. The first kappa shape index (κ1) is 12.7. The van der Waals surface area contributed by atoms with E-state index in [1.54, 1.807) is 7.11 Å². The third-order valence-corrected chi connectivity index (χ3v) is 3.70. The van der Waals surface area contributed by atoms with Crippen LogP contribution in [0, 0.1) is 0 Å². The van der Waals surface area contributed by atoms with E-state index in [0.29, 0.717) is 11.9 Å². The smallest absolute Gasteiger partial charge is 0.201 e. The zero-order chi connectivity index (χ0) is 13.3. The zero-order valence-corrected chi connectivity index (χ0v) is 11.5. The van der Waals surface area contributed by atoms with Gasteiger partial charge in [0.2, 0.25) is 5.95 Å². The van der Waals surface area contributed by atoms with Crippen molar-refractivity contribution in [1.29, 1.82) is 0 Å². The van der Waals surface area contributed by atoms with Gasteiger partial charge in [0.1, 0.15) is 11.3 Å². The molecule has 0 aliphatic heterocycles. The fourth-order valence-electron chi connectivity index (χ4n) is 2.53. The molecule has 0 bridgehead atoms. The third-order valence-electron chi connectivity index (χ3n) is 3.70. The number of benzene rings is 1. The maximum Gasteiger partial charge on any atom is 0.201 e. The standard InChI is InChI=1S/C14H21N3O/c1-5-9(6-2)10-7-8-11-12(13(10)18-4)16-14(15)17(11)3/h7-9H,5-6H2,1-4H3,(H2,15,16). The third kappa shape index (κ3) is 1.82. The number of rotatable bonds is 4. The molecule has 0 unspecified atom stereocenters. The van der Waals surface area contributed by atoms with Crippen LogP contribution in [0.15, 0.2) is 12.1 Å². The van der Waals surface area contributed by atoms with Crippen LogP contribution in [-0.4, -0.2) is 16.7 Å². The molecular weight excluding hydrogens is 226 g/mol. The van der Waals surface area contributed by atoms with Gasteiger partial charge in [-0.1, -0.05) is 19.9 Å². The molecule has 2 rings (SSSR count). The molecule has 4 nitrogen and oxygen atoms in total. The zero-order valence-electron chi connectivity index (χ0n) is 11.5. The van der Waals surface area contributed by atoms with E-state index in [2.05, 4.69) is 31.0 Å². The summed E-state index contributed by atoms with van der Waals surface area (Å²) in [6.07, 6.45) is 2.20. The first-order valence-electron chi connectivity index (χ1n) is 6.42. The van der Waals surface area contributed by atoms with Gasteiger partial charge >= 0.3 is 0 Å². The molecule has 2 aromatic rings. The van der Waals surface area contributed by atoms with Crippen LogP contribution in [0.25, 0.3) is 11.0 Å². The van der Waals surface area contributed by atoms with Crippen LogP contribution < -0.4 is 10.5 Å². The van der Waals surface area contributed by atoms with Crippen molar-refractivity contribution in [3.05, 3.63) is 17.7 Å². The van der Waals surface area contributed by atoms with E-state index >= 15 is 0 Å². The second kappa shape index (κ2) is 4.88. The number of nitrogen functional groups attached to an aromatic ring is 1. The summed E-state index contributed by atoms with van der Waals surface area (Å²) in [7, 11) is 3.62. The lowest BCUT2D eigenvalue weighted by Crippen LogP contribution is -2.00. The number of methoxy groups -OCH3 is 1. The molecule has 0 atom stereocenters. The number of ether oxygens (including phenoxy) is 1. The van der Waals surface area contributed by atoms with Crippen LogP contribution in [0.1, 0.15) is 38.2 Å². The van der Waals surface area contributed by atoms with Crippen molar-refractivity contribution < 1.29 is 4.74 Å². The van der Waals surface area contributed by atoms with Crippen molar-refractivity contribution >= 4 is 17.0 Å². The topological polar surface area (TPSA) is 53.1 Å². The molecule has 1 aromatic heterocycles. The maximum absolute atomic E-state index is 5.86. The highest BCUT2D eigenvalue weighted by molar-refractivity contribution is 5.86. The van der Waals surface area contributed by atoms with Gasteiger partial charge in [-0.05, 0) is 30.4 Å². The molecule has 0 saturated carbocycles. The molecule has 0 amide bonds. The predicted octanol–water partition coefficient (Wildman–Crippen LogP) is 3.07. The van der Waals surface area contributed by atoms with Crippen molar-refractivity contribution in [3.8, 4) is 5.75 Å². The lowest BCUT2D eigenvalue weighted by molar-refractivity contribution is 0.408. The van der Waals surface area contributed by atoms with Crippen molar-refractivity contribution in [2.75, 3.05) is 12.8 Å². The van der Waals surface area contributed by atoms with Crippen LogP contribution in [0.5, 0.6) is 5.75 Å². The molecule has 2 N–H and O–H groups in total. The lowest BCUT2D eigenvalue weighted by Gasteiger charge is -2.17. The second-order valence-corrected chi connectivity index (χ2v) is 4.60. The van der Waals surface area contributed by atoms with Crippen molar-refractivity contribution in [2.24, 2.45) is 7.05 Å². The predicted molar refractivity (Wildman–Crippen MR) is 75.0 cm³/mol. The molecule has 4 heteroatoms. The quantitative estimate of drug-likeness (QED) is 0.903. The second-order valence-electron chi connectivity index (χ2n) is 4.60. The summed E-state index contributed by atoms with van der Waals surface area (Å²) >= 11 is 0. The Balaban J connectivity index is 2.69. The Bertz CT molecular complexity index is 556. The van der Waals surface area contributed by atoms with Gasteiger partial charge in [0, 0.05) is 7.05 Å². The number of imidazole rings is 1. The minimum absolute atomic E-state index is 0.507. The van der Waals surface area contributed by atoms with E-state index in [-0.39, 0.29) is 0 Å². The van der Waals surface area contributed by atoms with Gasteiger partial charge in [0.25, 0.3) is 0 Å². The average molecular weight is 247 g/mol. The van der Waals surface area contributed by atoms with E-state index in [0.717, 1.165) is 29.6 Å². The lowest BCUT2D eigenvalue weighted by atomic mass is 9.92. The fraction of sp³-hybridized carbons (Fsp3) is 0.500. The van der Waals surface area contributed by atoms with E-state index in [1.165, 1.54) is 5.56 Å². The van der Waals surface area contributed by atoms with E-state index < -0.39 is 0 Å². The highest BCUT2D eigenvalue weighted by Crippen LogP contribution is 2.37. The number of aromatic nitrogens is 2. The number of nitrogens with zero attached hydrogens (tertiary/aromatic N) is 2. The molecule has 0 aliphatic rings. The van der Waals surface area contributed by atoms with Gasteiger partial charge in [-0.2, -0.15) is 0 Å². The first-order valence-corrected chi connectivity index (χ1v) is 6.42. The summed E-state index contributed by atoms with van der Waals surface area (Å²) in [5.74, 6) is 1.89. The molecule has 0 spiro atoms. The summed E-state index contributed by atoms with van der Waals surface area (Å²) in [5.41, 5.74) is 8.97. The molecule has 1 aromatic carbocycles. The van der Waals surface area contributed by atoms with E-state index in [9.17, 15) is 0 Å². The van der Waals surface area contributed by atoms with E-state index in [4.69, 9.17) is 10.5 Å². The summed E-state index contributed by atoms with van der Waals surface area (Å²) in [6.45, 7) is 4.40. The van der Waals surface area contributed by atoms with Gasteiger partial charge in [-0.3, -0.25) is 0 Å². The first-order chi connectivity index (χ1) is 8.63. The van der Waals surface area contributed by atoms with Gasteiger partial charge in [-0.15, -0.1) is 0 Å². The Labute approximate surface area is 108 Å². The summed E-state index contributed by atoms with van der Waals surface area (Å²) in [4.78, 5) is 4.41. The molecule has 0 fully saturated rings. The van der Waals surface area contributed by atoms with Crippen LogP contribution >= 0.6 is 0 Å². The number of hydrogen-bond acceptors (Lipinski definition) is 3. The van der Waals surface area contributed by atoms with Crippen molar-refractivity contribution in [1.82, 2.24) is 9.55 Å². The van der Waals surface area contributed by atoms with Crippen LogP contribution in [0.4, 0.5) is 5.95 Å². The highest BCUT2D eigenvalue weighted by atomic mass is 16.5. The Kier molecular flexibility index (Phi) is 3.45. The summed E-state index contributed by atoms with van der Waals surface area (Å²) < 4.78 is 7.46. The number of aryl methyl sites for hydroxylation is 1. The highest BCUT2D eigenvalue weighted by Gasteiger charge is 2.18. The van der Waals surface area contributed by atoms with E-state index in [1.807, 2.05) is 11.6 Å². The molecule has 1 heterocycles. The van der Waals surface area contributed by atoms with Crippen molar-refractivity contribution in [2.45, 2.75) is 32.6 Å². The molecule has 0 aliphatic carbocycles. The Morgan fingerprint density at radius 3 is 2.56 bits per heavy atom. The molecule has 18 heavy (non-hydrogen) atoms. The number of hydrogen-bond donors (Lipinski definition) is 1. The van der Waals surface area contributed by atoms with Crippen molar-refractivity contribution in [3.63, 3.8) is 0 Å². The Morgan fingerprint density at radius 2 is 2.00 bits per heavy atom. The molecule has 98 valence electrons. The van der Waals surface area contributed by atoms with Crippen LogP contribution in [-0.2, 0) is 7.05 Å². The Hall–Kier alpha value is -1.71. The monoisotopic (exact) mass is 247 g/mol. The minimum atomic E-state index is 0.507. The van der Waals surface area contributed by atoms with Gasteiger partial charge in [-0.25, -0.2) is 4.98 Å². The van der Waals surface area contributed by atoms with Crippen LogP contribution in [0.3, 0.4) is 0 Å².